The second-order valence-electron chi connectivity index (χ2n) is 5.09. The lowest BCUT2D eigenvalue weighted by molar-refractivity contribution is -0.120. The third kappa shape index (κ3) is 5.03. The number of Topliss-reactive ketones (excluding diaryl/α,β-unsaturated/α-hetero) is 1. The first-order chi connectivity index (χ1) is 8.28. The highest BCUT2D eigenvalue weighted by Gasteiger charge is 2.21. The number of amides is 1. The normalized spacial score (nSPS) is 12.9. The van der Waals surface area contributed by atoms with E-state index in [9.17, 15) is 9.59 Å². The molecule has 1 aromatic heterocycles. The van der Waals surface area contributed by atoms with E-state index in [4.69, 9.17) is 9.15 Å². The maximum absolute atomic E-state index is 11.8. The predicted molar refractivity (Wildman–Crippen MR) is 66.3 cm³/mol. The Morgan fingerprint density at radius 2 is 2.11 bits per heavy atom. The van der Waals surface area contributed by atoms with Crippen LogP contribution in [-0.2, 0) is 16.0 Å². The molecule has 1 rings (SSSR count). The Labute approximate surface area is 106 Å². The highest BCUT2D eigenvalue weighted by atomic mass is 16.6. The number of hydrogen-bond donors (Lipinski definition) is 1. The molecule has 1 N–H and O–H groups in total. The Morgan fingerprint density at radius 3 is 2.61 bits per heavy atom. The molecule has 0 spiro atoms. The first-order valence-electron chi connectivity index (χ1n) is 5.82. The first kappa shape index (κ1) is 14.3. The molecule has 0 aliphatic rings. The Kier molecular flexibility index (Phi) is 4.53. The van der Waals surface area contributed by atoms with E-state index in [1.165, 1.54) is 6.26 Å². The molecular weight excluding hydrogens is 234 g/mol. The summed E-state index contributed by atoms with van der Waals surface area (Å²) in [4.78, 5) is 23.2. The molecule has 0 radical (unpaired) electrons. The zero-order valence-corrected chi connectivity index (χ0v) is 11.1. The smallest absolute Gasteiger partial charge is 0.408 e. The van der Waals surface area contributed by atoms with Gasteiger partial charge in [-0.1, -0.05) is 0 Å². The van der Waals surface area contributed by atoms with E-state index in [2.05, 4.69) is 5.32 Å². The Morgan fingerprint density at radius 1 is 1.44 bits per heavy atom. The van der Waals surface area contributed by atoms with E-state index in [0.29, 0.717) is 5.76 Å². The molecule has 100 valence electrons. The van der Waals surface area contributed by atoms with Gasteiger partial charge in [0.1, 0.15) is 11.4 Å². The summed E-state index contributed by atoms with van der Waals surface area (Å²) in [5.74, 6) is 0.452. The van der Waals surface area contributed by atoms with Crippen molar-refractivity contribution in [3.63, 3.8) is 0 Å². The van der Waals surface area contributed by atoms with Crippen molar-refractivity contribution in [2.45, 2.75) is 45.8 Å². The Bertz CT molecular complexity index is 403. The zero-order valence-electron chi connectivity index (χ0n) is 11.1. The summed E-state index contributed by atoms with van der Waals surface area (Å²) < 4.78 is 10.1. The van der Waals surface area contributed by atoms with Crippen molar-refractivity contribution in [3.05, 3.63) is 24.2 Å². The van der Waals surface area contributed by atoms with Crippen molar-refractivity contribution < 1.29 is 18.7 Å². The van der Waals surface area contributed by atoms with Crippen molar-refractivity contribution in [2.24, 2.45) is 0 Å². The quantitative estimate of drug-likeness (QED) is 0.894. The van der Waals surface area contributed by atoms with Crippen LogP contribution in [0.2, 0.25) is 0 Å². The van der Waals surface area contributed by atoms with E-state index in [1.54, 1.807) is 39.8 Å². The number of hydrogen-bond acceptors (Lipinski definition) is 4. The highest BCUT2D eigenvalue weighted by Crippen LogP contribution is 2.07. The van der Waals surface area contributed by atoms with Gasteiger partial charge in [-0.05, 0) is 39.8 Å². The Balaban J connectivity index is 2.42. The second-order valence-corrected chi connectivity index (χ2v) is 5.09. The van der Waals surface area contributed by atoms with Crippen molar-refractivity contribution in [2.75, 3.05) is 0 Å². The first-order valence-corrected chi connectivity index (χ1v) is 5.82. The maximum atomic E-state index is 11.8. The van der Waals surface area contributed by atoms with Crippen LogP contribution in [0.25, 0.3) is 0 Å². The number of ketones is 1. The average Bonchev–Trinajstić information content (AvgIpc) is 2.66. The minimum atomic E-state index is -0.607. The lowest BCUT2D eigenvalue weighted by Gasteiger charge is -2.21. The summed E-state index contributed by atoms with van der Waals surface area (Å²) in [6, 6.07) is 2.83. The summed E-state index contributed by atoms with van der Waals surface area (Å²) in [6.07, 6.45) is 1.07. The fourth-order valence-electron chi connectivity index (χ4n) is 1.30. The number of ether oxygens (including phenoxy) is 1. The van der Waals surface area contributed by atoms with Crippen molar-refractivity contribution in [1.29, 1.82) is 0 Å². The zero-order chi connectivity index (χ0) is 13.8. The third-order valence-corrected chi connectivity index (χ3v) is 2.14. The van der Waals surface area contributed by atoms with Crippen LogP contribution < -0.4 is 5.32 Å². The van der Waals surface area contributed by atoms with Crippen LogP contribution >= 0.6 is 0 Å². The van der Waals surface area contributed by atoms with Crippen molar-refractivity contribution in [3.8, 4) is 0 Å². The summed E-state index contributed by atoms with van der Waals surface area (Å²) in [7, 11) is 0. The summed E-state index contributed by atoms with van der Waals surface area (Å²) >= 11 is 0. The molecule has 1 heterocycles. The number of carbonyl (C=O) groups is 2. The van der Waals surface area contributed by atoms with Gasteiger partial charge in [-0.3, -0.25) is 4.79 Å². The third-order valence-electron chi connectivity index (χ3n) is 2.14. The van der Waals surface area contributed by atoms with Gasteiger partial charge in [0, 0.05) is 0 Å². The van der Waals surface area contributed by atoms with E-state index in [-0.39, 0.29) is 12.2 Å². The summed E-state index contributed by atoms with van der Waals surface area (Å²) in [6.45, 7) is 6.92. The average molecular weight is 253 g/mol. The molecule has 0 aliphatic heterocycles. The van der Waals surface area contributed by atoms with Gasteiger partial charge in [-0.2, -0.15) is 0 Å². The molecule has 1 amide bonds. The lowest BCUT2D eigenvalue weighted by atomic mass is 10.1. The van der Waals surface area contributed by atoms with Gasteiger partial charge in [-0.25, -0.2) is 4.79 Å². The molecule has 18 heavy (non-hydrogen) atoms. The van der Waals surface area contributed by atoms with Gasteiger partial charge < -0.3 is 14.5 Å². The monoisotopic (exact) mass is 253 g/mol. The molecule has 1 aromatic rings. The van der Waals surface area contributed by atoms with Crippen LogP contribution in [-0.4, -0.2) is 23.5 Å². The molecule has 0 bridgehead atoms. The van der Waals surface area contributed by atoms with Gasteiger partial charge in [0.2, 0.25) is 0 Å². The van der Waals surface area contributed by atoms with Gasteiger partial charge in [0.15, 0.2) is 5.78 Å². The minimum Gasteiger partial charge on any atom is -0.469 e. The maximum Gasteiger partial charge on any atom is 0.408 e. The van der Waals surface area contributed by atoms with Gasteiger partial charge >= 0.3 is 6.09 Å². The van der Waals surface area contributed by atoms with Crippen molar-refractivity contribution >= 4 is 11.9 Å². The van der Waals surface area contributed by atoms with Crippen LogP contribution in [0, 0.1) is 0 Å². The topological polar surface area (TPSA) is 68.5 Å². The number of carbonyl (C=O) groups excluding carboxylic acids is 2. The number of nitrogens with one attached hydrogen (secondary N) is 1. The number of rotatable bonds is 4. The molecule has 5 nitrogen and oxygen atoms in total. The predicted octanol–water partition coefficient (Wildman–Crippen LogP) is 2.30. The van der Waals surface area contributed by atoms with Crippen molar-refractivity contribution in [1.82, 2.24) is 5.32 Å². The second kappa shape index (κ2) is 5.71. The van der Waals surface area contributed by atoms with E-state index >= 15 is 0 Å². The molecule has 0 saturated carbocycles. The molecule has 0 fully saturated rings. The summed E-state index contributed by atoms with van der Waals surface area (Å²) in [5, 5.41) is 2.50. The van der Waals surface area contributed by atoms with Crippen LogP contribution in [0.4, 0.5) is 4.79 Å². The van der Waals surface area contributed by atoms with E-state index in [0.717, 1.165) is 0 Å². The number of furan rings is 1. The molecule has 0 aliphatic carbocycles. The number of alkyl carbamates (subject to hydrolysis) is 1. The largest absolute Gasteiger partial charge is 0.469 e. The van der Waals surface area contributed by atoms with Gasteiger partial charge in [0.05, 0.1) is 18.7 Å². The van der Waals surface area contributed by atoms with E-state index < -0.39 is 17.7 Å². The molecule has 0 unspecified atom stereocenters. The molecule has 0 saturated heterocycles. The van der Waals surface area contributed by atoms with Crippen LogP contribution in [0.3, 0.4) is 0 Å². The van der Waals surface area contributed by atoms with Crippen LogP contribution in [0.15, 0.2) is 22.8 Å². The Hall–Kier alpha value is -1.78. The molecule has 0 aromatic carbocycles. The van der Waals surface area contributed by atoms with E-state index in [1.807, 2.05) is 0 Å². The lowest BCUT2D eigenvalue weighted by Crippen LogP contribution is -2.42. The molecular formula is C13H19NO4. The van der Waals surface area contributed by atoms with Crippen LogP contribution in [0.1, 0.15) is 33.5 Å². The highest BCUT2D eigenvalue weighted by molar-refractivity contribution is 5.88. The fraction of sp³-hybridized carbons (Fsp3) is 0.538. The van der Waals surface area contributed by atoms with Gasteiger partial charge in [0.25, 0.3) is 0 Å². The SMILES string of the molecule is C[C@@H](NC(=O)OC(C)(C)C)C(=O)Cc1ccco1. The molecule has 1 atom stereocenters. The minimum absolute atomic E-state index is 0.129. The van der Waals surface area contributed by atoms with Gasteiger partial charge in [-0.15, -0.1) is 0 Å². The van der Waals surface area contributed by atoms with Crippen LogP contribution in [0.5, 0.6) is 0 Å². The molecule has 5 heteroatoms. The summed E-state index contributed by atoms with van der Waals surface area (Å²) in [5.41, 5.74) is -0.576. The standard InChI is InChI=1S/C13H19NO4/c1-9(14-12(16)18-13(2,3)4)11(15)8-10-6-5-7-17-10/h5-7,9H,8H2,1-4H3,(H,14,16)/t9-/m1/s1. The fourth-order valence-corrected chi connectivity index (χ4v) is 1.30.